The van der Waals surface area contributed by atoms with Crippen molar-refractivity contribution >= 4 is 11.9 Å². The van der Waals surface area contributed by atoms with E-state index in [1.807, 2.05) is 30.3 Å². The van der Waals surface area contributed by atoms with Gasteiger partial charge in [-0.25, -0.2) is 0 Å². The fraction of sp³-hybridized carbons (Fsp3) is 0.286. The van der Waals surface area contributed by atoms with E-state index < -0.39 is 0 Å². The Labute approximate surface area is 118 Å². The van der Waals surface area contributed by atoms with Crippen molar-refractivity contribution in [3.63, 3.8) is 0 Å². The van der Waals surface area contributed by atoms with Gasteiger partial charge in [0.2, 0.25) is 0 Å². The Hall–Kier alpha value is -2.86. The Morgan fingerprint density at radius 2 is 1.90 bits per heavy atom. The van der Waals surface area contributed by atoms with Gasteiger partial charge in [-0.1, -0.05) is 24.3 Å². The lowest BCUT2D eigenvalue weighted by Crippen LogP contribution is -2.07. The molecule has 3 N–H and O–H groups in total. The lowest BCUT2D eigenvalue weighted by Gasteiger charge is -2.03. The molecule has 6 heteroatoms. The van der Waals surface area contributed by atoms with Crippen molar-refractivity contribution in [2.45, 2.75) is 19.3 Å². The van der Waals surface area contributed by atoms with Crippen LogP contribution in [0.25, 0.3) is 0 Å². The van der Waals surface area contributed by atoms with Crippen LogP contribution in [0, 0.1) is 22.7 Å². The van der Waals surface area contributed by atoms with Crippen LogP contribution in [0.2, 0.25) is 0 Å². The van der Waals surface area contributed by atoms with Gasteiger partial charge in [-0.05, 0) is 11.1 Å². The number of nitrogens with zero attached hydrogens (tertiary/aromatic N) is 4. The third kappa shape index (κ3) is 5.19. The number of nitriles is 2. The third-order valence-corrected chi connectivity index (χ3v) is 2.53. The number of rotatable bonds is 7. The first kappa shape index (κ1) is 15.2. The summed E-state index contributed by atoms with van der Waals surface area (Å²) < 4.78 is 0. The zero-order valence-electron chi connectivity index (χ0n) is 11.1. The Morgan fingerprint density at radius 1 is 1.20 bits per heavy atom. The van der Waals surface area contributed by atoms with Crippen molar-refractivity contribution < 1.29 is 0 Å². The van der Waals surface area contributed by atoms with Crippen molar-refractivity contribution in [2.24, 2.45) is 16.0 Å². The summed E-state index contributed by atoms with van der Waals surface area (Å²) in [5.74, 6) is 5.33. The Balaban J connectivity index is 2.60. The molecule has 0 saturated carbocycles. The zero-order valence-corrected chi connectivity index (χ0v) is 11.1. The van der Waals surface area contributed by atoms with Gasteiger partial charge in [-0.15, -0.1) is 0 Å². The first-order chi connectivity index (χ1) is 9.81. The maximum absolute atomic E-state index is 8.57. The summed E-state index contributed by atoms with van der Waals surface area (Å²) >= 11 is 0. The highest BCUT2D eigenvalue weighted by Crippen LogP contribution is 2.07. The van der Waals surface area contributed by atoms with Crippen LogP contribution in [0.3, 0.4) is 0 Å². The summed E-state index contributed by atoms with van der Waals surface area (Å²) in [4.78, 5) is 0. The van der Waals surface area contributed by atoms with E-state index in [4.69, 9.17) is 16.4 Å². The first-order valence-corrected chi connectivity index (χ1v) is 6.19. The van der Waals surface area contributed by atoms with Crippen molar-refractivity contribution in [3.05, 3.63) is 35.4 Å². The van der Waals surface area contributed by atoms with Crippen LogP contribution in [0.5, 0.6) is 0 Å². The molecule has 0 fully saturated rings. The highest BCUT2D eigenvalue weighted by molar-refractivity contribution is 6.00. The molecule has 0 saturated heterocycles. The molecule has 0 heterocycles. The van der Waals surface area contributed by atoms with Gasteiger partial charge in [0.15, 0.2) is 0 Å². The number of benzene rings is 1. The fourth-order valence-electron chi connectivity index (χ4n) is 1.52. The van der Waals surface area contributed by atoms with Crippen molar-refractivity contribution in [3.8, 4) is 12.1 Å². The molecule has 1 aromatic carbocycles. The molecule has 102 valence electrons. The molecular weight excluding hydrogens is 252 g/mol. The summed E-state index contributed by atoms with van der Waals surface area (Å²) in [5, 5.41) is 24.6. The molecule has 0 spiro atoms. The first-order valence-electron chi connectivity index (χ1n) is 6.19. The van der Waals surface area contributed by atoms with E-state index in [1.165, 1.54) is 0 Å². The Bertz CT molecular complexity index is 545. The fourth-order valence-corrected chi connectivity index (χ4v) is 1.52. The summed E-state index contributed by atoms with van der Waals surface area (Å²) in [5.41, 5.74) is 5.31. The second kappa shape index (κ2) is 9.12. The molecule has 6 nitrogen and oxygen atoms in total. The van der Waals surface area contributed by atoms with Gasteiger partial charge < -0.3 is 11.3 Å². The van der Waals surface area contributed by atoms with Gasteiger partial charge in [0.1, 0.15) is 0 Å². The number of hydrogen-bond acceptors (Lipinski definition) is 6. The molecule has 0 radical (unpaired) electrons. The lowest BCUT2D eigenvalue weighted by molar-refractivity contribution is 0.750. The average molecular weight is 268 g/mol. The van der Waals surface area contributed by atoms with Crippen LogP contribution in [0.15, 0.2) is 34.5 Å². The molecule has 0 unspecified atom stereocenters. The molecule has 1 rings (SSSR count). The molecule has 0 bridgehead atoms. The Morgan fingerprint density at radius 3 is 2.50 bits per heavy atom. The molecule has 1 aromatic rings. The monoisotopic (exact) mass is 268 g/mol. The minimum Gasteiger partial charge on any atom is -0.323 e. The van der Waals surface area contributed by atoms with Crippen LogP contribution in [0.1, 0.15) is 30.4 Å². The minimum absolute atomic E-state index is 0.391. The zero-order chi connectivity index (χ0) is 14.6. The van der Waals surface area contributed by atoms with Gasteiger partial charge in [0, 0.05) is 19.4 Å². The average Bonchev–Trinajstić information content (AvgIpc) is 2.49. The maximum atomic E-state index is 8.57. The highest BCUT2D eigenvalue weighted by Gasteiger charge is 2.02. The summed E-state index contributed by atoms with van der Waals surface area (Å²) in [6.45, 7) is 0.531. The molecule has 0 aliphatic rings. The predicted octanol–water partition coefficient (Wildman–Crippen LogP) is 1.49. The molecule has 0 aliphatic heterocycles. The molecule has 0 amide bonds. The van der Waals surface area contributed by atoms with Crippen LogP contribution >= 0.6 is 0 Å². The van der Waals surface area contributed by atoms with E-state index in [-0.39, 0.29) is 0 Å². The molecule has 0 aliphatic carbocycles. The predicted molar refractivity (Wildman–Crippen MR) is 77.8 cm³/mol. The van der Waals surface area contributed by atoms with Gasteiger partial charge in [0.05, 0.1) is 30.5 Å². The third-order valence-electron chi connectivity index (χ3n) is 2.53. The van der Waals surface area contributed by atoms with Crippen LogP contribution in [-0.2, 0) is 0 Å². The number of nitrogens with two attached hydrogens (primary N) is 1. The summed E-state index contributed by atoms with van der Waals surface area (Å²) in [6.07, 6.45) is 3.03. The van der Waals surface area contributed by atoms with E-state index in [0.29, 0.717) is 31.5 Å². The molecule has 0 atom stereocenters. The largest absolute Gasteiger partial charge is 0.323 e. The molecule has 20 heavy (non-hydrogen) atoms. The van der Waals surface area contributed by atoms with E-state index in [2.05, 4.69) is 21.7 Å². The van der Waals surface area contributed by atoms with Crippen LogP contribution in [-0.4, -0.2) is 18.5 Å². The smallest absolute Gasteiger partial charge is 0.0682 e. The molecule has 0 aromatic heterocycles. The lowest BCUT2D eigenvalue weighted by atomic mass is 10.0. The van der Waals surface area contributed by atoms with Crippen molar-refractivity contribution in [2.75, 3.05) is 6.54 Å². The minimum atomic E-state index is 0.391. The topological polar surface area (TPSA) is 110 Å². The number of hydrogen-bond donors (Lipinski definition) is 2. The van der Waals surface area contributed by atoms with Crippen LogP contribution < -0.4 is 11.3 Å². The highest BCUT2D eigenvalue weighted by atomic mass is 15.3. The normalized spacial score (nSPS) is 11.0. The van der Waals surface area contributed by atoms with E-state index in [0.717, 1.165) is 11.1 Å². The second-order valence-corrected chi connectivity index (χ2v) is 3.93. The SMILES string of the molecule is N#CCCNN=Cc1ccc(C(CCC#N)=NN)cc1. The van der Waals surface area contributed by atoms with Gasteiger partial charge in [-0.2, -0.15) is 20.7 Å². The van der Waals surface area contributed by atoms with Crippen LogP contribution in [0.4, 0.5) is 0 Å². The number of nitrogens with one attached hydrogen (secondary N) is 1. The number of hydrazone groups is 2. The van der Waals surface area contributed by atoms with E-state index in [1.54, 1.807) is 6.21 Å². The van der Waals surface area contributed by atoms with Crippen molar-refractivity contribution in [1.82, 2.24) is 5.43 Å². The van der Waals surface area contributed by atoms with Crippen molar-refractivity contribution in [1.29, 1.82) is 10.5 Å². The maximum Gasteiger partial charge on any atom is 0.0682 e. The van der Waals surface area contributed by atoms with Gasteiger partial charge >= 0.3 is 0 Å². The Kier molecular flexibility index (Phi) is 6.93. The second-order valence-electron chi connectivity index (χ2n) is 3.93. The standard InChI is InChI=1S/C14H16N6/c15-8-1-3-14(20-17)13-6-4-12(5-7-13)11-19-18-10-2-9-16/h4-7,11,18H,1-3,10,17H2. The summed E-state index contributed by atoms with van der Waals surface area (Å²) in [7, 11) is 0. The quantitative estimate of drug-likeness (QED) is 0.338. The molecular formula is C14H16N6. The van der Waals surface area contributed by atoms with Gasteiger partial charge in [0.25, 0.3) is 0 Å². The van der Waals surface area contributed by atoms with Gasteiger partial charge in [-0.3, -0.25) is 0 Å². The summed E-state index contributed by atoms with van der Waals surface area (Å²) in [6, 6.07) is 11.7. The van der Waals surface area contributed by atoms with E-state index in [9.17, 15) is 0 Å². The van der Waals surface area contributed by atoms with E-state index >= 15 is 0 Å².